The molecule has 3 aromatic rings. The Morgan fingerprint density at radius 1 is 1.17 bits per heavy atom. The summed E-state index contributed by atoms with van der Waals surface area (Å²) in [6.45, 7) is 5.97. The summed E-state index contributed by atoms with van der Waals surface area (Å²) in [4.78, 5) is 10.9. The Kier molecular flexibility index (Phi) is 5.65. The lowest BCUT2D eigenvalue weighted by molar-refractivity contribution is 0.270. The minimum Gasteiger partial charge on any atom is -0.493 e. The zero-order chi connectivity index (χ0) is 20.2. The zero-order valence-corrected chi connectivity index (χ0v) is 17.3. The van der Waals surface area contributed by atoms with Crippen LogP contribution in [-0.4, -0.2) is 30.2 Å². The van der Waals surface area contributed by atoms with E-state index in [0.29, 0.717) is 11.8 Å². The molecule has 29 heavy (non-hydrogen) atoms. The molecule has 5 nitrogen and oxygen atoms in total. The maximum Gasteiger partial charge on any atom is 0.132 e. The third kappa shape index (κ3) is 4.34. The molecule has 0 unspecified atom stereocenters. The lowest BCUT2D eigenvalue weighted by atomic mass is 9.92. The van der Waals surface area contributed by atoms with Gasteiger partial charge in [-0.15, -0.1) is 0 Å². The third-order valence-electron chi connectivity index (χ3n) is 5.54. The molecule has 0 spiro atoms. The predicted octanol–water partition coefficient (Wildman–Crippen LogP) is 5.35. The average Bonchev–Trinajstić information content (AvgIpc) is 2.77. The van der Waals surface area contributed by atoms with Crippen molar-refractivity contribution < 1.29 is 4.74 Å². The van der Waals surface area contributed by atoms with Gasteiger partial charge in [-0.1, -0.05) is 26.0 Å². The summed E-state index contributed by atoms with van der Waals surface area (Å²) in [5.41, 5.74) is 4.63. The number of anilines is 3. The van der Waals surface area contributed by atoms with Crippen LogP contribution >= 0.6 is 0 Å². The number of ether oxygens (including phenoxy) is 1. The van der Waals surface area contributed by atoms with E-state index >= 15 is 0 Å². The van der Waals surface area contributed by atoms with Crippen molar-refractivity contribution in [3.8, 4) is 5.75 Å². The fourth-order valence-electron chi connectivity index (χ4n) is 3.65. The number of aromatic nitrogens is 2. The van der Waals surface area contributed by atoms with Gasteiger partial charge in [0.2, 0.25) is 0 Å². The van der Waals surface area contributed by atoms with Crippen LogP contribution in [0.4, 0.5) is 17.2 Å². The smallest absolute Gasteiger partial charge is 0.132 e. The molecule has 3 heterocycles. The lowest BCUT2D eigenvalue weighted by Gasteiger charge is -2.28. The molecular formula is C24H28N4O. The molecule has 150 valence electrons. The Hall–Kier alpha value is -3.08. The largest absolute Gasteiger partial charge is 0.493 e. The van der Waals surface area contributed by atoms with Gasteiger partial charge in [0, 0.05) is 49.9 Å². The van der Waals surface area contributed by atoms with Crippen LogP contribution in [0.3, 0.4) is 0 Å². The number of pyridine rings is 2. The summed E-state index contributed by atoms with van der Waals surface area (Å²) in [6, 6.07) is 14.7. The monoisotopic (exact) mass is 388 g/mol. The predicted molar refractivity (Wildman–Crippen MR) is 118 cm³/mol. The first-order chi connectivity index (χ1) is 14.1. The van der Waals surface area contributed by atoms with Gasteiger partial charge in [-0.2, -0.15) is 0 Å². The average molecular weight is 389 g/mol. The van der Waals surface area contributed by atoms with E-state index in [1.165, 1.54) is 11.1 Å². The fourth-order valence-corrected chi connectivity index (χ4v) is 3.65. The van der Waals surface area contributed by atoms with Crippen LogP contribution in [0.5, 0.6) is 5.75 Å². The van der Waals surface area contributed by atoms with Crippen molar-refractivity contribution in [2.75, 3.05) is 30.4 Å². The molecule has 0 aliphatic carbocycles. The van der Waals surface area contributed by atoms with Crippen molar-refractivity contribution in [3.63, 3.8) is 0 Å². The second-order valence-corrected chi connectivity index (χ2v) is 7.84. The summed E-state index contributed by atoms with van der Waals surface area (Å²) in [5.74, 6) is 2.80. The van der Waals surface area contributed by atoms with Crippen LogP contribution in [0.25, 0.3) is 0 Å². The van der Waals surface area contributed by atoms with E-state index in [-0.39, 0.29) is 0 Å². The number of hydrogen-bond donors (Lipinski definition) is 1. The normalized spacial score (nSPS) is 15.5. The van der Waals surface area contributed by atoms with E-state index in [2.05, 4.69) is 64.4 Å². The molecule has 1 aliphatic heterocycles. The van der Waals surface area contributed by atoms with Crippen molar-refractivity contribution in [2.24, 2.45) is 0 Å². The SMILES string of the molecule is CC(C)c1ccc(N(C)c2ccc3c(c2)OCC[C@H]3CNc2cccnc2)nc1. The van der Waals surface area contributed by atoms with Crippen LogP contribution < -0.4 is 15.0 Å². The summed E-state index contributed by atoms with van der Waals surface area (Å²) in [6.07, 6.45) is 6.62. The van der Waals surface area contributed by atoms with Crippen LogP contribution in [-0.2, 0) is 0 Å². The van der Waals surface area contributed by atoms with Gasteiger partial charge in [0.25, 0.3) is 0 Å². The van der Waals surface area contributed by atoms with E-state index in [1.807, 2.05) is 31.6 Å². The van der Waals surface area contributed by atoms with Gasteiger partial charge >= 0.3 is 0 Å². The number of nitrogens with one attached hydrogen (secondary N) is 1. The maximum absolute atomic E-state index is 6.00. The van der Waals surface area contributed by atoms with Gasteiger partial charge in [0.05, 0.1) is 12.3 Å². The molecule has 2 aromatic heterocycles. The molecule has 0 bridgehead atoms. The van der Waals surface area contributed by atoms with E-state index < -0.39 is 0 Å². The van der Waals surface area contributed by atoms with E-state index in [1.54, 1.807) is 6.20 Å². The Balaban J connectivity index is 1.50. The first-order valence-corrected chi connectivity index (χ1v) is 10.2. The lowest BCUT2D eigenvalue weighted by Crippen LogP contribution is -2.21. The van der Waals surface area contributed by atoms with Crippen LogP contribution in [0.2, 0.25) is 0 Å². The molecule has 0 radical (unpaired) electrons. The molecule has 1 aromatic carbocycles. The fraction of sp³-hybridized carbons (Fsp3) is 0.333. The van der Waals surface area contributed by atoms with Crippen molar-refractivity contribution in [1.82, 2.24) is 9.97 Å². The molecule has 1 N–H and O–H groups in total. The van der Waals surface area contributed by atoms with Gasteiger partial charge in [-0.05, 0) is 47.7 Å². The third-order valence-corrected chi connectivity index (χ3v) is 5.54. The van der Waals surface area contributed by atoms with E-state index in [0.717, 1.165) is 42.5 Å². The number of fused-ring (bicyclic) bond motifs is 1. The molecule has 4 rings (SSSR count). The number of rotatable bonds is 6. The second-order valence-electron chi connectivity index (χ2n) is 7.84. The van der Waals surface area contributed by atoms with Crippen molar-refractivity contribution >= 4 is 17.2 Å². The number of nitrogens with zero attached hydrogens (tertiary/aromatic N) is 3. The highest BCUT2D eigenvalue weighted by Crippen LogP contribution is 2.37. The Morgan fingerprint density at radius 2 is 2.07 bits per heavy atom. The Labute approximate surface area is 172 Å². The van der Waals surface area contributed by atoms with Gasteiger partial charge < -0.3 is 15.0 Å². The molecule has 0 amide bonds. The Morgan fingerprint density at radius 3 is 2.79 bits per heavy atom. The minimum absolute atomic E-state index is 0.418. The topological polar surface area (TPSA) is 50.3 Å². The molecule has 0 fully saturated rings. The van der Waals surface area contributed by atoms with Gasteiger partial charge in [0.15, 0.2) is 0 Å². The number of hydrogen-bond acceptors (Lipinski definition) is 5. The second kappa shape index (κ2) is 8.52. The van der Waals surface area contributed by atoms with Crippen molar-refractivity contribution in [1.29, 1.82) is 0 Å². The highest BCUT2D eigenvalue weighted by Gasteiger charge is 2.22. The summed E-state index contributed by atoms with van der Waals surface area (Å²) < 4.78 is 6.00. The van der Waals surface area contributed by atoms with Crippen molar-refractivity contribution in [3.05, 3.63) is 72.2 Å². The first-order valence-electron chi connectivity index (χ1n) is 10.2. The molecule has 1 atom stereocenters. The Bertz CT molecular complexity index is 941. The van der Waals surface area contributed by atoms with Crippen LogP contribution in [0.1, 0.15) is 43.2 Å². The molecule has 1 aliphatic rings. The molecule has 5 heteroatoms. The number of benzene rings is 1. The van der Waals surface area contributed by atoms with Crippen LogP contribution in [0.15, 0.2) is 61.1 Å². The van der Waals surface area contributed by atoms with Gasteiger partial charge in [0.1, 0.15) is 11.6 Å². The standard InChI is InChI=1S/C24H28N4O/c1-17(2)18-6-9-24(27-14-18)28(3)21-7-8-22-19(10-12-29-23(22)13-21)15-26-20-5-4-11-25-16-20/h4-9,11,13-14,16-17,19,26H,10,12,15H2,1-3H3/t19-/m0/s1. The molecule has 0 saturated carbocycles. The summed E-state index contributed by atoms with van der Waals surface area (Å²) in [5, 5.41) is 3.49. The highest BCUT2D eigenvalue weighted by atomic mass is 16.5. The summed E-state index contributed by atoms with van der Waals surface area (Å²) in [7, 11) is 2.05. The minimum atomic E-state index is 0.418. The zero-order valence-electron chi connectivity index (χ0n) is 17.3. The van der Waals surface area contributed by atoms with Crippen LogP contribution in [0, 0.1) is 0 Å². The van der Waals surface area contributed by atoms with Gasteiger partial charge in [-0.25, -0.2) is 4.98 Å². The van der Waals surface area contributed by atoms with E-state index in [4.69, 9.17) is 4.74 Å². The first kappa shape index (κ1) is 19.2. The summed E-state index contributed by atoms with van der Waals surface area (Å²) >= 11 is 0. The molecular weight excluding hydrogens is 360 g/mol. The highest BCUT2D eigenvalue weighted by molar-refractivity contribution is 5.63. The van der Waals surface area contributed by atoms with Crippen molar-refractivity contribution in [2.45, 2.75) is 32.1 Å². The quantitative estimate of drug-likeness (QED) is 0.617. The molecule has 0 saturated heterocycles. The van der Waals surface area contributed by atoms with Gasteiger partial charge in [-0.3, -0.25) is 4.98 Å². The maximum atomic E-state index is 6.00. The van der Waals surface area contributed by atoms with E-state index in [9.17, 15) is 0 Å².